The van der Waals surface area contributed by atoms with Crippen LogP contribution in [0.1, 0.15) is 120 Å². The quantitative estimate of drug-likeness (QED) is 0.151. The first-order valence-electron chi connectivity index (χ1n) is 16.9. The highest BCUT2D eigenvalue weighted by Crippen LogP contribution is 2.44. The highest BCUT2D eigenvalue weighted by molar-refractivity contribution is 5.42. The van der Waals surface area contributed by atoms with Gasteiger partial charge in [-0.1, -0.05) is 25.7 Å². The Morgan fingerprint density at radius 1 is 0.591 bits per heavy atom. The van der Waals surface area contributed by atoms with E-state index in [0.29, 0.717) is 36.2 Å². The summed E-state index contributed by atoms with van der Waals surface area (Å²) < 4.78 is 0. The van der Waals surface area contributed by atoms with E-state index in [-0.39, 0.29) is 28.8 Å². The molecule has 2 aliphatic heterocycles. The van der Waals surface area contributed by atoms with E-state index in [1.165, 1.54) is 12.8 Å². The summed E-state index contributed by atoms with van der Waals surface area (Å²) in [5, 5.41) is 23.6. The summed E-state index contributed by atoms with van der Waals surface area (Å²) in [5.74, 6) is 2.97. The van der Waals surface area contributed by atoms with Crippen LogP contribution in [0.25, 0.3) is 0 Å². The molecule has 0 amide bonds. The molecule has 1 aromatic heterocycles. The number of nitrogens with one attached hydrogen (secondary N) is 3. The lowest BCUT2D eigenvalue weighted by molar-refractivity contribution is -0.272. The average Bonchev–Trinajstić information content (AvgIpc) is 2.89. The third-order valence-electron chi connectivity index (χ3n) is 9.39. The third-order valence-corrected chi connectivity index (χ3v) is 9.39. The smallest absolute Gasteiger partial charge is 0.229 e. The number of anilines is 3. The number of hydrogen-bond acceptors (Lipinski definition) is 11. The van der Waals surface area contributed by atoms with E-state index in [1.807, 2.05) is 0 Å². The molecular weight excluding hydrogens is 556 g/mol. The van der Waals surface area contributed by atoms with Crippen molar-refractivity contribution in [2.24, 2.45) is 11.8 Å². The maximum Gasteiger partial charge on any atom is 0.229 e. The fraction of sp³-hybridized carbons (Fsp3) is 0.909. The zero-order chi connectivity index (χ0) is 32.6. The van der Waals surface area contributed by atoms with Crippen molar-refractivity contribution in [3.8, 4) is 0 Å². The van der Waals surface area contributed by atoms with Crippen molar-refractivity contribution in [2.45, 2.75) is 142 Å². The summed E-state index contributed by atoms with van der Waals surface area (Å²) in [7, 11) is 3.58. The normalized spacial score (nSPS) is 22.2. The molecule has 3 rings (SSSR count). The highest BCUT2D eigenvalue weighted by atomic mass is 16.7. The number of aromatic nitrogens is 3. The van der Waals surface area contributed by atoms with Gasteiger partial charge < -0.3 is 30.7 Å². The molecule has 0 unspecified atom stereocenters. The maximum absolute atomic E-state index is 9.28. The summed E-state index contributed by atoms with van der Waals surface area (Å²) in [6.45, 7) is 20.3. The minimum absolute atomic E-state index is 0.0189. The van der Waals surface area contributed by atoms with Crippen molar-refractivity contribution >= 4 is 17.8 Å². The Hall–Kier alpha value is -1.79. The van der Waals surface area contributed by atoms with Gasteiger partial charge in [0.2, 0.25) is 17.8 Å². The Morgan fingerprint density at radius 2 is 0.909 bits per heavy atom. The fourth-order valence-electron chi connectivity index (χ4n) is 8.63. The number of piperidine rings is 2. The largest absolute Gasteiger partial charge is 0.395 e. The topological polar surface area (TPSA) is 120 Å². The second-order valence-electron chi connectivity index (χ2n) is 15.6. The number of aliphatic hydroxyl groups excluding tert-OH is 1. The monoisotopic (exact) mass is 621 g/mol. The summed E-state index contributed by atoms with van der Waals surface area (Å²) in [4.78, 5) is 25.2. The lowest BCUT2D eigenvalue weighted by Crippen LogP contribution is -2.59. The molecule has 0 saturated carbocycles. The molecule has 0 bridgehead atoms. The van der Waals surface area contributed by atoms with E-state index >= 15 is 0 Å². The highest BCUT2D eigenvalue weighted by Gasteiger charge is 2.46. The molecule has 0 radical (unpaired) electrons. The van der Waals surface area contributed by atoms with Crippen molar-refractivity contribution < 1.29 is 14.8 Å². The van der Waals surface area contributed by atoms with Crippen LogP contribution in [-0.4, -0.2) is 92.8 Å². The summed E-state index contributed by atoms with van der Waals surface area (Å²) >= 11 is 0. The number of rotatable bonds is 17. The third kappa shape index (κ3) is 10.1. The predicted octanol–water partition coefficient (Wildman–Crippen LogP) is 6.10. The summed E-state index contributed by atoms with van der Waals surface area (Å²) in [6, 6.07) is 0. The van der Waals surface area contributed by atoms with E-state index in [0.717, 1.165) is 64.5 Å². The molecule has 11 nitrogen and oxygen atoms in total. The number of nitrogens with zero attached hydrogens (tertiary/aromatic N) is 5. The van der Waals surface area contributed by atoms with Gasteiger partial charge in [-0.05, 0) is 106 Å². The van der Waals surface area contributed by atoms with Gasteiger partial charge in [0.15, 0.2) is 0 Å². The molecule has 1 aromatic rings. The minimum atomic E-state index is 0.0189. The van der Waals surface area contributed by atoms with Crippen LogP contribution in [0.2, 0.25) is 0 Å². The van der Waals surface area contributed by atoms with Crippen molar-refractivity contribution in [3.05, 3.63) is 0 Å². The minimum Gasteiger partial charge on any atom is -0.395 e. The predicted molar refractivity (Wildman–Crippen MR) is 180 cm³/mol. The molecule has 4 N–H and O–H groups in total. The van der Waals surface area contributed by atoms with Gasteiger partial charge in [0.05, 0.1) is 20.8 Å². The van der Waals surface area contributed by atoms with Gasteiger partial charge in [0, 0.05) is 41.8 Å². The van der Waals surface area contributed by atoms with E-state index < -0.39 is 0 Å². The molecule has 44 heavy (non-hydrogen) atoms. The molecule has 0 atom stereocenters. The van der Waals surface area contributed by atoms with Crippen LogP contribution in [-0.2, 0) is 9.68 Å². The Morgan fingerprint density at radius 3 is 1.20 bits per heavy atom. The molecule has 0 spiro atoms. The molecule has 2 fully saturated rings. The van der Waals surface area contributed by atoms with Gasteiger partial charge in [-0.15, -0.1) is 0 Å². The van der Waals surface area contributed by atoms with Crippen LogP contribution in [0.5, 0.6) is 0 Å². The number of aliphatic hydroxyl groups is 1. The van der Waals surface area contributed by atoms with E-state index in [4.69, 9.17) is 9.68 Å². The lowest BCUT2D eigenvalue weighted by atomic mass is 9.73. The molecule has 2 aliphatic rings. The van der Waals surface area contributed by atoms with Crippen molar-refractivity contribution in [1.29, 1.82) is 0 Å². The van der Waals surface area contributed by atoms with E-state index in [9.17, 15) is 5.11 Å². The maximum atomic E-state index is 9.28. The average molecular weight is 621 g/mol. The van der Waals surface area contributed by atoms with E-state index in [2.05, 4.69) is 96.4 Å². The first kappa shape index (κ1) is 36.7. The van der Waals surface area contributed by atoms with Gasteiger partial charge in [-0.2, -0.15) is 25.1 Å². The first-order chi connectivity index (χ1) is 20.6. The lowest BCUT2D eigenvalue weighted by Gasteiger charge is -2.53. The van der Waals surface area contributed by atoms with Gasteiger partial charge in [-0.3, -0.25) is 0 Å². The number of unbranched alkanes of at least 4 members (excludes halogenated alkanes) is 2. The standard InChI is InChI=1S/C33H64N8O3/c1-30(2)21-25(22-31(3,4)40(30)43-9)15-11-13-17-34-27-37-28(39-29(38-27)36-19-20-42)35-18-14-12-16-26-23-32(5,6)41(44-10)33(7,8)24-26/h25-26,42H,11-24H2,1-10H3,(H3,34,35,36,37,38,39). The van der Waals surface area contributed by atoms with Crippen molar-refractivity contribution in [1.82, 2.24) is 25.1 Å². The number of hydrogen-bond donors (Lipinski definition) is 4. The zero-order valence-electron chi connectivity index (χ0n) is 29.6. The van der Waals surface area contributed by atoms with Crippen molar-refractivity contribution in [3.63, 3.8) is 0 Å². The second kappa shape index (κ2) is 15.7. The Kier molecular flexibility index (Phi) is 13.1. The first-order valence-corrected chi connectivity index (χ1v) is 16.9. The van der Waals surface area contributed by atoms with Gasteiger partial charge >= 0.3 is 0 Å². The summed E-state index contributed by atoms with van der Waals surface area (Å²) in [6.07, 6.45) is 11.4. The van der Waals surface area contributed by atoms with Gasteiger partial charge in [0.25, 0.3) is 0 Å². The zero-order valence-corrected chi connectivity index (χ0v) is 29.6. The second-order valence-corrected chi connectivity index (χ2v) is 15.6. The van der Waals surface area contributed by atoms with Crippen LogP contribution in [0.3, 0.4) is 0 Å². The molecule has 0 aromatic carbocycles. The van der Waals surface area contributed by atoms with Crippen LogP contribution in [0.4, 0.5) is 17.8 Å². The van der Waals surface area contributed by atoms with Crippen LogP contribution < -0.4 is 16.0 Å². The molecule has 3 heterocycles. The summed E-state index contributed by atoms with van der Waals surface area (Å²) in [5.41, 5.74) is 0.117. The molecular formula is C33H64N8O3. The van der Waals surface area contributed by atoms with Crippen molar-refractivity contribution in [2.75, 3.05) is 56.4 Å². The Bertz CT molecular complexity index is 910. The van der Waals surface area contributed by atoms with E-state index in [1.54, 1.807) is 14.2 Å². The molecule has 254 valence electrons. The van der Waals surface area contributed by atoms with Crippen LogP contribution in [0, 0.1) is 11.8 Å². The molecule has 11 heteroatoms. The van der Waals surface area contributed by atoms with Crippen LogP contribution >= 0.6 is 0 Å². The number of hydroxylamine groups is 4. The Labute approximate surface area is 267 Å². The molecule has 2 saturated heterocycles. The SMILES string of the molecule is CON1C(C)(C)CC(CCCCNc2nc(NCCO)nc(NCCCCC3CC(C)(C)N(OC)C(C)(C)C3)n2)CC1(C)C. The fourth-order valence-corrected chi connectivity index (χ4v) is 8.63. The van der Waals surface area contributed by atoms with Gasteiger partial charge in [-0.25, -0.2) is 0 Å². The van der Waals surface area contributed by atoms with Gasteiger partial charge in [0.1, 0.15) is 0 Å². The Balaban J connectivity index is 1.44. The van der Waals surface area contributed by atoms with Crippen LogP contribution in [0.15, 0.2) is 0 Å². The molecule has 0 aliphatic carbocycles.